The fraction of sp³-hybridized carbons (Fsp3) is 0.556. The van der Waals surface area contributed by atoms with Crippen molar-refractivity contribution in [3.8, 4) is 0 Å². The van der Waals surface area contributed by atoms with Crippen LogP contribution >= 0.6 is 15.9 Å². The lowest BCUT2D eigenvalue weighted by Crippen LogP contribution is -2.35. The predicted octanol–water partition coefficient (Wildman–Crippen LogP) is -1.45. The Bertz CT molecular complexity index is 513. The highest BCUT2D eigenvalue weighted by atomic mass is 79.9. The van der Waals surface area contributed by atoms with E-state index >= 15 is 0 Å². The standard InChI is InChI=1S/C9H11BrN2O5/c10-6-7(15)4(3-13)17-8(6)12-2-1-5(14)11-9(12)16/h1-2,4,6-8,13,15H,3H2,(H,11,14,16)/t4-,6+,7+,8+/m0/s1. The molecule has 1 aliphatic heterocycles. The van der Waals surface area contributed by atoms with E-state index in [1.54, 1.807) is 0 Å². The molecular weight excluding hydrogens is 296 g/mol. The highest BCUT2D eigenvalue weighted by molar-refractivity contribution is 9.09. The summed E-state index contributed by atoms with van der Waals surface area (Å²) in [6, 6.07) is 1.18. The molecule has 17 heavy (non-hydrogen) atoms. The van der Waals surface area contributed by atoms with Crippen LogP contribution in [0.5, 0.6) is 0 Å². The Morgan fingerprint density at radius 1 is 1.53 bits per heavy atom. The van der Waals surface area contributed by atoms with Crippen LogP contribution in [0.25, 0.3) is 0 Å². The lowest BCUT2D eigenvalue weighted by molar-refractivity contribution is -0.0456. The van der Waals surface area contributed by atoms with E-state index in [1.165, 1.54) is 12.3 Å². The number of nitrogens with zero attached hydrogens (tertiary/aromatic N) is 1. The van der Waals surface area contributed by atoms with Crippen LogP contribution in [0.15, 0.2) is 21.9 Å². The second-order valence-electron chi connectivity index (χ2n) is 3.70. The van der Waals surface area contributed by atoms with Gasteiger partial charge in [0, 0.05) is 12.3 Å². The van der Waals surface area contributed by atoms with Gasteiger partial charge in [0.1, 0.15) is 6.10 Å². The Hall–Kier alpha value is -0.960. The summed E-state index contributed by atoms with van der Waals surface area (Å²) in [6.45, 7) is -0.349. The van der Waals surface area contributed by atoms with E-state index in [-0.39, 0.29) is 6.61 Å². The van der Waals surface area contributed by atoms with Gasteiger partial charge in [0.05, 0.1) is 17.5 Å². The molecule has 0 amide bonds. The molecule has 0 radical (unpaired) electrons. The maximum atomic E-state index is 11.5. The first-order chi connectivity index (χ1) is 8.04. The second-order valence-corrected chi connectivity index (χ2v) is 4.76. The highest BCUT2D eigenvalue weighted by Gasteiger charge is 2.43. The number of alkyl halides is 1. The summed E-state index contributed by atoms with van der Waals surface area (Å²) in [4.78, 5) is 24.0. The van der Waals surface area contributed by atoms with Crippen molar-refractivity contribution in [2.24, 2.45) is 0 Å². The zero-order valence-corrected chi connectivity index (χ0v) is 10.2. The summed E-state index contributed by atoms with van der Waals surface area (Å²) < 4.78 is 6.49. The van der Waals surface area contributed by atoms with Gasteiger partial charge in [0.15, 0.2) is 6.23 Å². The van der Waals surface area contributed by atoms with Crippen LogP contribution in [0.4, 0.5) is 0 Å². The molecule has 4 atom stereocenters. The molecule has 0 aromatic carbocycles. The van der Waals surface area contributed by atoms with Crippen molar-refractivity contribution in [1.82, 2.24) is 9.55 Å². The van der Waals surface area contributed by atoms with Crippen LogP contribution in [0.3, 0.4) is 0 Å². The van der Waals surface area contributed by atoms with Gasteiger partial charge in [0.25, 0.3) is 5.56 Å². The molecule has 1 fully saturated rings. The van der Waals surface area contributed by atoms with E-state index in [4.69, 9.17) is 9.84 Å². The minimum atomic E-state index is -0.927. The summed E-state index contributed by atoms with van der Waals surface area (Å²) in [6.07, 6.45) is -1.18. The number of H-pyrrole nitrogens is 1. The van der Waals surface area contributed by atoms with Crippen LogP contribution in [0, 0.1) is 0 Å². The number of nitrogens with one attached hydrogen (secondary N) is 1. The molecule has 0 spiro atoms. The van der Waals surface area contributed by atoms with Crippen molar-refractivity contribution in [1.29, 1.82) is 0 Å². The summed E-state index contributed by atoms with van der Waals surface area (Å²) in [5.74, 6) is 0. The molecule has 0 bridgehead atoms. The number of aliphatic hydroxyl groups is 2. The summed E-state index contributed by atoms with van der Waals surface area (Å²) in [7, 11) is 0. The Morgan fingerprint density at radius 3 is 2.76 bits per heavy atom. The zero-order chi connectivity index (χ0) is 12.6. The van der Waals surface area contributed by atoms with Crippen LogP contribution in [-0.2, 0) is 4.74 Å². The first-order valence-electron chi connectivity index (χ1n) is 4.94. The van der Waals surface area contributed by atoms with Crippen molar-refractivity contribution in [2.45, 2.75) is 23.3 Å². The average molecular weight is 307 g/mol. The topological polar surface area (TPSA) is 105 Å². The van der Waals surface area contributed by atoms with Crippen LogP contribution in [-0.4, -0.2) is 43.4 Å². The van der Waals surface area contributed by atoms with Crippen molar-refractivity contribution < 1.29 is 14.9 Å². The van der Waals surface area contributed by atoms with Crippen molar-refractivity contribution in [3.05, 3.63) is 33.1 Å². The molecule has 1 saturated heterocycles. The quantitative estimate of drug-likeness (QED) is 0.580. The number of ether oxygens (including phenoxy) is 1. The van der Waals surface area contributed by atoms with Gasteiger partial charge >= 0.3 is 5.69 Å². The van der Waals surface area contributed by atoms with E-state index in [2.05, 4.69) is 20.9 Å². The number of aromatic nitrogens is 2. The number of aliphatic hydroxyl groups excluding tert-OH is 2. The SMILES string of the molecule is O=c1ccn([C@@H]2O[C@@H](CO)[C@@H](O)[C@H]2Br)c(=O)[nH]1. The van der Waals surface area contributed by atoms with E-state index in [1.807, 2.05) is 0 Å². The number of aromatic amines is 1. The third-order valence-electron chi connectivity index (χ3n) is 2.60. The molecule has 3 N–H and O–H groups in total. The molecule has 1 aromatic heterocycles. The first kappa shape index (κ1) is 12.5. The number of hydrogen-bond acceptors (Lipinski definition) is 5. The minimum Gasteiger partial charge on any atom is -0.394 e. The Morgan fingerprint density at radius 2 is 2.24 bits per heavy atom. The third kappa shape index (κ3) is 2.21. The van der Waals surface area contributed by atoms with Gasteiger partial charge in [-0.25, -0.2) is 4.79 Å². The fourth-order valence-corrected chi connectivity index (χ4v) is 2.43. The van der Waals surface area contributed by atoms with E-state index in [9.17, 15) is 14.7 Å². The predicted molar refractivity (Wildman–Crippen MR) is 61.0 cm³/mol. The van der Waals surface area contributed by atoms with Crippen LogP contribution in [0.1, 0.15) is 6.23 Å². The molecule has 0 saturated carbocycles. The maximum Gasteiger partial charge on any atom is 0.330 e. The largest absolute Gasteiger partial charge is 0.394 e. The maximum absolute atomic E-state index is 11.5. The Kier molecular flexibility index (Phi) is 3.48. The normalized spacial score (nSPS) is 32.9. The smallest absolute Gasteiger partial charge is 0.330 e. The Balaban J connectivity index is 2.35. The van der Waals surface area contributed by atoms with Gasteiger partial charge in [-0.3, -0.25) is 14.3 Å². The van der Waals surface area contributed by atoms with Crippen molar-refractivity contribution in [2.75, 3.05) is 6.61 Å². The first-order valence-corrected chi connectivity index (χ1v) is 5.86. The van der Waals surface area contributed by atoms with Gasteiger partial charge in [-0.2, -0.15) is 0 Å². The molecule has 2 rings (SSSR count). The second kappa shape index (κ2) is 4.73. The van der Waals surface area contributed by atoms with E-state index in [0.29, 0.717) is 0 Å². The molecule has 1 aliphatic rings. The summed E-state index contributed by atoms with van der Waals surface area (Å²) in [5.41, 5.74) is -1.13. The monoisotopic (exact) mass is 306 g/mol. The molecule has 7 nitrogen and oxygen atoms in total. The van der Waals surface area contributed by atoms with E-state index < -0.39 is 34.5 Å². The van der Waals surface area contributed by atoms with Gasteiger partial charge in [0.2, 0.25) is 0 Å². The molecule has 0 unspecified atom stereocenters. The van der Waals surface area contributed by atoms with Crippen LogP contribution in [0.2, 0.25) is 0 Å². The van der Waals surface area contributed by atoms with Crippen molar-refractivity contribution in [3.63, 3.8) is 0 Å². The highest BCUT2D eigenvalue weighted by Crippen LogP contribution is 2.33. The molecule has 1 aromatic rings. The third-order valence-corrected chi connectivity index (χ3v) is 3.59. The molecule has 2 heterocycles. The summed E-state index contributed by atoms with van der Waals surface area (Å²) >= 11 is 3.20. The molecule has 8 heteroatoms. The average Bonchev–Trinajstić information content (AvgIpc) is 2.57. The van der Waals surface area contributed by atoms with E-state index in [0.717, 1.165) is 4.57 Å². The zero-order valence-electron chi connectivity index (χ0n) is 8.62. The summed E-state index contributed by atoms with van der Waals surface area (Å²) in [5, 5.41) is 18.7. The Labute approximate surface area is 104 Å². The minimum absolute atomic E-state index is 0.349. The lowest BCUT2D eigenvalue weighted by Gasteiger charge is -2.16. The number of halogens is 1. The molecule has 0 aliphatic carbocycles. The molecule has 94 valence electrons. The lowest BCUT2D eigenvalue weighted by atomic mass is 10.2. The van der Waals surface area contributed by atoms with Gasteiger partial charge in [-0.1, -0.05) is 15.9 Å². The van der Waals surface area contributed by atoms with Gasteiger partial charge in [-0.05, 0) is 0 Å². The van der Waals surface area contributed by atoms with Crippen LogP contribution < -0.4 is 11.2 Å². The van der Waals surface area contributed by atoms with Gasteiger partial charge < -0.3 is 14.9 Å². The van der Waals surface area contributed by atoms with Crippen molar-refractivity contribution >= 4 is 15.9 Å². The van der Waals surface area contributed by atoms with Gasteiger partial charge in [-0.15, -0.1) is 0 Å². The fourth-order valence-electron chi connectivity index (χ4n) is 1.71. The number of hydrogen-bond donors (Lipinski definition) is 3. The number of rotatable bonds is 2. The molecular formula is C9H11BrN2O5.